The molecule has 3 atom stereocenters. The van der Waals surface area contributed by atoms with Gasteiger partial charge in [0.05, 0.1) is 18.8 Å². The molecule has 0 aliphatic carbocycles. The lowest BCUT2D eigenvalue weighted by Crippen LogP contribution is -2.52. The first kappa shape index (κ1) is 14.7. The van der Waals surface area contributed by atoms with Gasteiger partial charge in [0.1, 0.15) is 0 Å². The summed E-state index contributed by atoms with van der Waals surface area (Å²) in [6.07, 6.45) is 0.553. The zero-order valence-corrected chi connectivity index (χ0v) is 10.4. The summed E-state index contributed by atoms with van der Waals surface area (Å²) in [5.41, 5.74) is 5.60. The maximum absolute atomic E-state index is 11.8. The Labute approximate surface area is 97.5 Å². The van der Waals surface area contributed by atoms with Gasteiger partial charge in [-0.1, -0.05) is 0 Å². The summed E-state index contributed by atoms with van der Waals surface area (Å²) in [4.78, 5) is 13.6. The lowest BCUT2D eigenvalue weighted by atomic mass is 10.1. The summed E-state index contributed by atoms with van der Waals surface area (Å²) < 4.78 is 5.45. The quantitative estimate of drug-likeness (QED) is 0.771. The molecule has 3 unspecified atom stereocenters. The number of hydrogen-bond donors (Lipinski definition) is 1. The molecule has 5 heteroatoms. The van der Waals surface area contributed by atoms with Crippen molar-refractivity contribution in [2.75, 3.05) is 13.2 Å². The fraction of sp³-hybridized carbons (Fsp3) is 0.900. The predicted molar refractivity (Wildman–Crippen MR) is 62.1 cm³/mol. The third-order valence-electron chi connectivity index (χ3n) is 2.70. The first-order valence-corrected chi connectivity index (χ1v) is 5.19. The number of morpholine rings is 1. The molecule has 1 aliphatic heterocycles. The van der Waals surface area contributed by atoms with Gasteiger partial charge in [0, 0.05) is 19.0 Å². The van der Waals surface area contributed by atoms with E-state index in [-0.39, 0.29) is 36.5 Å². The Hall–Kier alpha value is -0.320. The van der Waals surface area contributed by atoms with Crippen molar-refractivity contribution in [2.45, 2.75) is 45.4 Å². The molecule has 0 aromatic heterocycles. The Morgan fingerprint density at radius 2 is 2.20 bits per heavy atom. The smallest absolute Gasteiger partial charge is 0.224 e. The van der Waals surface area contributed by atoms with Gasteiger partial charge < -0.3 is 15.4 Å². The van der Waals surface area contributed by atoms with Crippen LogP contribution in [0.3, 0.4) is 0 Å². The van der Waals surface area contributed by atoms with Crippen LogP contribution in [0, 0.1) is 0 Å². The van der Waals surface area contributed by atoms with Gasteiger partial charge in [-0.25, -0.2) is 0 Å². The molecule has 0 radical (unpaired) electrons. The van der Waals surface area contributed by atoms with Crippen molar-refractivity contribution in [3.05, 3.63) is 0 Å². The van der Waals surface area contributed by atoms with Gasteiger partial charge in [0.2, 0.25) is 5.91 Å². The highest BCUT2D eigenvalue weighted by atomic mass is 35.5. The number of nitrogens with two attached hydrogens (primary N) is 1. The predicted octanol–water partition coefficient (Wildman–Crippen LogP) is 0.781. The molecule has 1 heterocycles. The molecule has 0 saturated carbocycles. The van der Waals surface area contributed by atoms with Crippen LogP contribution < -0.4 is 5.73 Å². The van der Waals surface area contributed by atoms with Crippen LogP contribution in [0.5, 0.6) is 0 Å². The molecule has 4 nitrogen and oxygen atoms in total. The van der Waals surface area contributed by atoms with E-state index in [1.54, 1.807) is 0 Å². The minimum absolute atomic E-state index is 0. The maximum atomic E-state index is 11.8. The van der Waals surface area contributed by atoms with Crippen molar-refractivity contribution in [3.8, 4) is 0 Å². The van der Waals surface area contributed by atoms with E-state index in [2.05, 4.69) is 0 Å². The number of carbonyl (C=O) groups excluding carboxylic acids is 1. The molecular weight excluding hydrogens is 216 g/mol. The Balaban J connectivity index is 0.00000196. The second-order valence-electron chi connectivity index (χ2n) is 4.09. The maximum Gasteiger partial charge on any atom is 0.224 e. The largest absolute Gasteiger partial charge is 0.375 e. The monoisotopic (exact) mass is 236 g/mol. The second-order valence-corrected chi connectivity index (χ2v) is 4.09. The zero-order chi connectivity index (χ0) is 10.7. The molecule has 0 aromatic carbocycles. The summed E-state index contributed by atoms with van der Waals surface area (Å²) in [6.45, 7) is 7.19. The van der Waals surface area contributed by atoms with Crippen molar-refractivity contribution in [1.82, 2.24) is 4.90 Å². The summed E-state index contributed by atoms with van der Waals surface area (Å²) in [6, 6.07) is 0.0999. The van der Waals surface area contributed by atoms with Gasteiger partial charge in [-0.2, -0.15) is 0 Å². The lowest BCUT2D eigenvalue weighted by Gasteiger charge is -2.38. The first-order valence-electron chi connectivity index (χ1n) is 5.19. The molecule has 0 aromatic rings. The third-order valence-corrected chi connectivity index (χ3v) is 2.70. The van der Waals surface area contributed by atoms with E-state index in [9.17, 15) is 4.79 Å². The summed E-state index contributed by atoms with van der Waals surface area (Å²) in [5, 5.41) is 0. The van der Waals surface area contributed by atoms with Gasteiger partial charge in [-0.3, -0.25) is 4.79 Å². The highest BCUT2D eigenvalue weighted by Gasteiger charge is 2.28. The summed E-state index contributed by atoms with van der Waals surface area (Å²) in [7, 11) is 0. The van der Waals surface area contributed by atoms with Crippen LogP contribution in [0.25, 0.3) is 0 Å². The van der Waals surface area contributed by atoms with Crippen LogP contribution in [0.4, 0.5) is 0 Å². The minimum Gasteiger partial charge on any atom is -0.375 e. The molecule has 1 saturated heterocycles. The fourth-order valence-corrected chi connectivity index (χ4v) is 1.68. The molecule has 1 aliphatic rings. The molecule has 2 N–H and O–H groups in total. The van der Waals surface area contributed by atoms with Crippen LogP contribution in [0.15, 0.2) is 0 Å². The van der Waals surface area contributed by atoms with E-state index in [0.717, 1.165) is 0 Å². The minimum atomic E-state index is -0.0622. The van der Waals surface area contributed by atoms with Crippen LogP contribution in [-0.2, 0) is 9.53 Å². The van der Waals surface area contributed by atoms with Gasteiger partial charge in [-0.15, -0.1) is 12.4 Å². The number of hydrogen-bond acceptors (Lipinski definition) is 3. The van der Waals surface area contributed by atoms with E-state index in [0.29, 0.717) is 19.6 Å². The van der Waals surface area contributed by atoms with E-state index < -0.39 is 0 Å². The van der Waals surface area contributed by atoms with Gasteiger partial charge in [0.25, 0.3) is 0 Å². The van der Waals surface area contributed by atoms with E-state index >= 15 is 0 Å². The second kappa shape index (κ2) is 6.30. The topological polar surface area (TPSA) is 55.6 Å². The SMILES string of the molecule is CC(N)CC(=O)N1CCOC(C)C1C.Cl. The first-order chi connectivity index (χ1) is 6.52. The molecule has 15 heavy (non-hydrogen) atoms. The average molecular weight is 237 g/mol. The van der Waals surface area contributed by atoms with E-state index in [1.807, 2.05) is 25.7 Å². The fourth-order valence-electron chi connectivity index (χ4n) is 1.68. The average Bonchev–Trinajstić information content (AvgIpc) is 2.08. The van der Waals surface area contributed by atoms with Crippen LogP contribution in [-0.4, -0.2) is 42.1 Å². The number of carbonyl (C=O) groups is 1. The van der Waals surface area contributed by atoms with Crippen molar-refractivity contribution < 1.29 is 9.53 Å². The van der Waals surface area contributed by atoms with Crippen molar-refractivity contribution >= 4 is 18.3 Å². The van der Waals surface area contributed by atoms with Crippen molar-refractivity contribution in [3.63, 3.8) is 0 Å². The molecule has 0 spiro atoms. The van der Waals surface area contributed by atoms with Crippen molar-refractivity contribution in [2.24, 2.45) is 5.73 Å². The van der Waals surface area contributed by atoms with Crippen LogP contribution >= 0.6 is 12.4 Å². The van der Waals surface area contributed by atoms with E-state index in [1.165, 1.54) is 0 Å². The highest BCUT2D eigenvalue weighted by Crippen LogP contribution is 2.14. The summed E-state index contributed by atoms with van der Waals surface area (Å²) in [5.74, 6) is 0.141. The molecule has 1 rings (SSSR count). The number of ether oxygens (including phenoxy) is 1. The number of amides is 1. The normalized spacial score (nSPS) is 28.1. The Morgan fingerprint density at radius 1 is 1.60 bits per heavy atom. The third kappa shape index (κ3) is 3.97. The Morgan fingerprint density at radius 3 is 2.73 bits per heavy atom. The Kier molecular flexibility index (Phi) is 6.17. The molecule has 0 bridgehead atoms. The summed E-state index contributed by atoms with van der Waals surface area (Å²) >= 11 is 0. The standard InChI is InChI=1S/C10H20N2O2.ClH/c1-7(11)6-10(13)12-4-5-14-9(3)8(12)2;/h7-9H,4-6,11H2,1-3H3;1H. The zero-order valence-electron chi connectivity index (χ0n) is 9.60. The van der Waals surface area contributed by atoms with E-state index in [4.69, 9.17) is 10.5 Å². The molecule has 1 amide bonds. The molecule has 1 fully saturated rings. The number of nitrogens with zero attached hydrogens (tertiary/aromatic N) is 1. The molecule has 90 valence electrons. The van der Waals surface area contributed by atoms with Crippen molar-refractivity contribution in [1.29, 1.82) is 0 Å². The van der Waals surface area contributed by atoms with Gasteiger partial charge in [0.15, 0.2) is 0 Å². The van der Waals surface area contributed by atoms with Crippen LogP contribution in [0.1, 0.15) is 27.2 Å². The lowest BCUT2D eigenvalue weighted by molar-refractivity contribution is -0.144. The van der Waals surface area contributed by atoms with Crippen LogP contribution in [0.2, 0.25) is 0 Å². The number of halogens is 1. The Bertz CT molecular complexity index is 212. The van der Waals surface area contributed by atoms with Gasteiger partial charge >= 0.3 is 0 Å². The highest BCUT2D eigenvalue weighted by molar-refractivity contribution is 5.85. The molecular formula is C10H21ClN2O2. The van der Waals surface area contributed by atoms with Gasteiger partial charge in [-0.05, 0) is 20.8 Å². The number of rotatable bonds is 2.